The van der Waals surface area contributed by atoms with Crippen molar-refractivity contribution in [1.29, 1.82) is 5.26 Å². The fourth-order valence-corrected chi connectivity index (χ4v) is 2.30. The Morgan fingerprint density at radius 2 is 2.18 bits per heavy atom. The molecule has 0 radical (unpaired) electrons. The van der Waals surface area contributed by atoms with Crippen LogP contribution in [0.1, 0.15) is 24.8 Å². The molecule has 4 nitrogen and oxygen atoms in total. The van der Waals surface area contributed by atoms with Crippen LogP contribution in [-0.2, 0) is 4.79 Å². The van der Waals surface area contributed by atoms with Gasteiger partial charge in [0.15, 0.2) is 0 Å². The Hall–Kier alpha value is -2.02. The lowest BCUT2D eigenvalue weighted by Gasteiger charge is -2.35. The summed E-state index contributed by atoms with van der Waals surface area (Å²) in [5, 5.41) is 18.3. The summed E-state index contributed by atoms with van der Waals surface area (Å²) in [6.07, 6.45) is 2.56. The van der Waals surface area contributed by atoms with Gasteiger partial charge < -0.3 is 10.0 Å². The second-order valence-electron chi connectivity index (χ2n) is 4.17. The van der Waals surface area contributed by atoms with Gasteiger partial charge in [0.25, 0.3) is 0 Å². The number of carboxylic acids is 1. The van der Waals surface area contributed by atoms with Crippen LogP contribution in [0.15, 0.2) is 24.3 Å². The molecule has 17 heavy (non-hydrogen) atoms. The molecule has 0 spiro atoms. The molecule has 1 saturated heterocycles. The monoisotopic (exact) mass is 230 g/mol. The van der Waals surface area contributed by atoms with E-state index in [9.17, 15) is 9.90 Å². The predicted octanol–water partition coefficient (Wildman–Crippen LogP) is 2.00. The van der Waals surface area contributed by atoms with Gasteiger partial charge in [-0.2, -0.15) is 5.26 Å². The third kappa shape index (κ3) is 2.23. The van der Waals surface area contributed by atoms with Gasteiger partial charge in [0.05, 0.1) is 11.3 Å². The molecule has 1 aliphatic rings. The number of carbonyl (C=O) groups is 1. The van der Waals surface area contributed by atoms with Gasteiger partial charge in [-0.05, 0) is 31.4 Å². The number of hydrogen-bond donors (Lipinski definition) is 1. The summed E-state index contributed by atoms with van der Waals surface area (Å²) in [7, 11) is 0. The largest absolute Gasteiger partial charge is 0.480 e. The Labute approximate surface area is 100 Å². The van der Waals surface area contributed by atoms with Gasteiger partial charge in [-0.3, -0.25) is 0 Å². The van der Waals surface area contributed by atoms with Crippen LogP contribution in [0.3, 0.4) is 0 Å². The molecule has 4 heteroatoms. The van der Waals surface area contributed by atoms with E-state index in [4.69, 9.17) is 5.26 Å². The minimum Gasteiger partial charge on any atom is -0.480 e. The Kier molecular flexibility index (Phi) is 3.29. The summed E-state index contributed by atoms with van der Waals surface area (Å²) in [4.78, 5) is 13.1. The van der Waals surface area contributed by atoms with Crippen LogP contribution in [0.4, 0.5) is 5.69 Å². The van der Waals surface area contributed by atoms with Gasteiger partial charge in [0, 0.05) is 6.54 Å². The van der Waals surface area contributed by atoms with Crippen LogP contribution in [0, 0.1) is 11.3 Å². The number of aliphatic carboxylic acids is 1. The molecule has 0 aliphatic carbocycles. The molecule has 0 amide bonds. The molecule has 0 saturated carbocycles. The standard InChI is InChI=1S/C13H14N2O2/c14-9-10-5-1-2-6-11(10)15-8-4-3-7-12(15)13(16)17/h1-2,5-6,12H,3-4,7-8H2,(H,16,17)/t12-/m1/s1. The number of hydrogen-bond acceptors (Lipinski definition) is 3. The molecule has 1 atom stereocenters. The van der Waals surface area contributed by atoms with E-state index in [2.05, 4.69) is 6.07 Å². The van der Waals surface area contributed by atoms with E-state index in [1.54, 1.807) is 12.1 Å². The summed E-state index contributed by atoms with van der Waals surface area (Å²) < 4.78 is 0. The highest BCUT2D eigenvalue weighted by Gasteiger charge is 2.29. The maximum absolute atomic E-state index is 11.2. The van der Waals surface area contributed by atoms with Crippen molar-refractivity contribution in [2.75, 3.05) is 11.4 Å². The Bertz CT molecular complexity index is 465. The Morgan fingerprint density at radius 3 is 2.88 bits per heavy atom. The molecule has 1 fully saturated rings. The summed E-state index contributed by atoms with van der Waals surface area (Å²) in [5.41, 5.74) is 1.28. The van der Waals surface area contributed by atoms with Gasteiger partial charge in [-0.1, -0.05) is 12.1 Å². The van der Waals surface area contributed by atoms with Gasteiger partial charge in [0.2, 0.25) is 0 Å². The highest BCUT2D eigenvalue weighted by atomic mass is 16.4. The van der Waals surface area contributed by atoms with Gasteiger partial charge >= 0.3 is 5.97 Å². The Balaban J connectivity index is 2.36. The van der Waals surface area contributed by atoms with Crippen LogP contribution in [0.25, 0.3) is 0 Å². The van der Waals surface area contributed by atoms with E-state index in [-0.39, 0.29) is 0 Å². The average Bonchev–Trinajstić information content (AvgIpc) is 2.38. The highest BCUT2D eigenvalue weighted by Crippen LogP contribution is 2.27. The maximum atomic E-state index is 11.2. The van der Waals surface area contributed by atoms with Crippen molar-refractivity contribution in [3.63, 3.8) is 0 Å². The van der Waals surface area contributed by atoms with Crippen molar-refractivity contribution in [2.24, 2.45) is 0 Å². The molecule has 1 aliphatic heterocycles. The van der Waals surface area contributed by atoms with E-state index in [0.29, 0.717) is 18.5 Å². The molecule has 0 aromatic heterocycles. The average molecular weight is 230 g/mol. The number of rotatable bonds is 2. The molecule has 88 valence electrons. The normalized spacial score (nSPS) is 19.7. The zero-order valence-corrected chi connectivity index (χ0v) is 9.47. The molecule has 1 aromatic rings. The smallest absolute Gasteiger partial charge is 0.326 e. The zero-order chi connectivity index (χ0) is 12.3. The van der Waals surface area contributed by atoms with Crippen LogP contribution < -0.4 is 4.90 Å². The first-order chi connectivity index (χ1) is 8.24. The van der Waals surface area contributed by atoms with Crippen molar-refractivity contribution >= 4 is 11.7 Å². The fourth-order valence-electron chi connectivity index (χ4n) is 2.30. The summed E-state index contributed by atoms with van der Waals surface area (Å²) in [6, 6.07) is 8.79. The number of piperidine rings is 1. The highest BCUT2D eigenvalue weighted by molar-refractivity contribution is 5.79. The third-order valence-corrected chi connectivity index (χ3v) is 3.12. The second-order valence-corrected chi connectivity index (χ2v) is 4.17. The van der Waals surface area contributed by atoms with Crippen LogP contribution in [-0.4, -0.2) is 23.7 Å². The van der Waals surface area contributed by atoms with E-state index >= 15 is 0 Å². The van der Waals surface area contributed by atoms with Crippen molar-refractivity contribution in [3.05, 3.63) is 29.8 Å². The van der Waals surface area contributed by atoms with E-state index in [0.717, 1.165) is 18.5 Å². The fraction of sp³-hybridized carbons (Fsp3) is 0.385. The molecular formula is C13H14N2O2. The van der Waals surface area contributed by atoms with Crippen LogP contribution >= 0.6 is 0 Å². The molecule has 1 heterocycles. The lowest BCUT2D eigenvalue weighted by molar-refractivity contribution is -0.139. The van der Waals surface area contributed by atoms with Crippen molar-refractivity contribution in [3.8, 4) is 6.07 Å². The van der Waals surface area contributed by atoms with Gasteiger partial charge in [0.1, 0.15) is 12.1 Å². The molecular weight excluding hydrogens is 216 g/mol. The summed E-state index contributed by atoms with van der Waals surface area (Å²) >= 11 is 0. The Morgan fingerprint density at radius 1 is 1.41 bits per heavy atom. The molecule has 0 unspecified atom stereocenters. The van der Waals surface area contributed by atoms with Crippen molar-refractivity contribution in [2.45, 2.75) is 25.3 Å². The van der Waals surface area contributed by atoms with Gasteiger partial charge in [-0.25, -0.2) is 4.79 Å². The maximum Gasteiger partial charge on any atom is 0.326 e. The lowest BCUT2D eigenvalue weighted by atomic mass is 10.00. The number of anilines is 1. The first kappa shape index (κ1) is 11.5. The summed E-state index contributed by atoms with van der Waals surface area (Å²) in [6.45, 7) is 0.704. The van der Waals surface area contributed by atoms with Crippen molar-refractivity contribution < 1.29 is 9.90 Å². The second kappa shape index (κ2) is 4.88. The number of benzene rings is 1. The molecule has 2 rings (SSSR count). The van der Waals surface area contributed by atoms with Crippen LogP contribution in [0.5, 0.6) is 0 Å². The predicted molar refractivity (Wildman–Crippen MR) is 63.8 cm³/mol. The molecule has 1 aromatic carbocycles. The first-order valence-electron chi connectivity index (χ1n) is 5.72. The first-order valence-corrected chi connectivity index (χ1v) is 5.72. The third-order valence-electron chi connectivity index (χ3n) is 3.12. The zero-order valence-electron chi connectivity index (χ0n) is 9.47. The van der Waals surface area contributed by atoms with Crippen molar-refractivity contribution in [1.82, 2.24) is 0 Å². The van der Waals surface area contributed by atoms with E-state index in [1.165, 1.54) is 0 Å². The number of nitriles is 1. The number of para-hydroxylation sites is 1. The van der Waals surface area contributed by atoms with E-state index in [1.807, 2.05) is 17.0 Å². The molecule has 0 bridgehead atoms. The minimum atomic E-state index is -0.808. The topological polar surface area (TPSA) is 64.3 Å². The minimum absolute atomic E-state index is 0.502. The quantitative estimate of drug-likeness (QED) is 0.844. The molecule has 1 N–H and O–H groups in total. The van der Waals surface area contributed by atoms with E-state index < -0.39 is 12.0 Å². The lowest BCUT2D eigenvalue weighted by Crippen LogP contribution is -2.45. The SMILES string of the molecule is N#Cc1ccccc1N1CCCC[C@@H]1C(=O)O. The summed E-state index contributed by atoms with van der Waals surface area (Å²) in [5.74, 6) is -0.808. The number of carboxylic acid groups (broad SMARTS) is 1. The van der Waals surface area contributed by atoms with Crippen LogP contribution in [0.2, 0.25) is 0 Å². The number of nitrogens with zero attached hydrogens (tertiary/aromatic N) is 2. The van der Waals surface area contributed by atoms with Gasteiger partial charge in [-0.15, -0.1) is 0 Å².